The molecule has 1 saturated heterocycles. The fraction of sp³-hybridized carbons (Fsp3) is 0.588. The largest absolute Gasteiger partial charge is 0.398 e. The van der Waals surface area contributed by atoms with E-state index in [2.05, 4.69) is 17.9 Å². The van der Waals surface area contributed by atoms with Gasteiger partial charge in [0.05, 0.1) is 6.54 Å². The molecular formula is C17H25N3O. The van der Waals surface area contributed by atoms with Crippen LogP contribution in [0.4, 0.5) is 5.69 Å². The van der Waals surface area contributed by atoms with Gasteiger partial charge in [-0.3, -0.25) is 9.69 Å². The summed E-state index contributed by atoms with van der Waals surface area (Å²) < 4.78 is 0. The number of nitrogen functional groups attached to an aromatic ring is 1. The number of piperidine rings is 1. The molecule has 2 N–H and O–H groups in total. The lowest BCUT2D eigenvalue weighted by molar-refractivity contribution is -0.134. The van der Waals surface area contributed by atoms with E-state index in [4.69, 9.17) is 5.73 Å². The van der Waals surface area contributed by atoms with Crippen molar-refractivity contribution in [2.24, 2.45) is 5.92 Å². The molecule has 0 unspecified atom stereocenters. The smallest absolute Gasteiger partial charge is 0.236 e. The Morgan fingerprint density at radius 2 is 2.05 bits per heavy atom. The van der Waals surface area contributed by atoms with Crippen LogP contribution < -0.4 is 5.73 Å². The lowest BCUT2D eigenvalue weighted by Crippen LogP contribution is -2.45. The zero-order valence-electron chi connectivity index (χ0n) is 12.8. The average Bonchev–Trinajstić information content (AvgIpc) is 2.49. The number of carbonyl (C=O) groups is 1. The first kappa shape index (κ1) is 14.4. The second-order valence-electron chi connectivity index (χ2n) is 6.51. The molecule has 1 aromatic carbocycles. The molecule has 1 fully saturated rings. The molecule has 2 aliphatic rings. The summed E-state index contributed by atoms with van der Waals surface area (Å²) in [6.45, 7) is 6.40. The zero-order valence-corrected chi connectivity index (χ0v) is 12.8. The third-order valence-corrected chi connectivity index (χ3v) is 4.88. The van der Waals surface area contributed by atoms with E-state index in [0.29, 0.717) is 6.54 Å². The van der Waals surface area contributed by atoms with Crippen LogP contribution in [0.25, 0.3) is 0 Å². The highest BCUT2D eigenvalue weighted by Gasteiger charge is 2.24. The number of amides is 1. The first-order chi connectivity index (χ1) is 10.1. The molecule has 114 valence electrons. The van der Waals surface area contributed by atoms with E-state index in [1.807, 2.05) is 17.0 Å². The summed E-state index contributed by atoms with van der Waals surface area (Å²) in [6.07, 6.45) is 3.27. The van der Waals surface area contributed by atoms with Crippen LogP contribution in [-0.2, 0) is 17.8 Å². The zero-order chi connectivity index (χ0) is 14.8. The van der Waals surface area contributed by atoms with E-state index in [9.17, 15) is 4.79 Å². The molecule has 2 heterocycles. The van der Waals surface area contributed by atoms with Crippen LogP contribution in [0.15, 0.2) is 18.2 Å². The second kappa shape index (κ2) is 6.06. The maximum atomic E-state index is 12.4. The molecule has 1 aromatic rings. The van der Waals surface area contributed by atoms with Crippen molar-refractivity contribution in [1.82, 2.24) is 9.80 Å². The predicted octanol–water partition coefficient (Wildman–Crippen LogP) is 1.89. The van der Waals surface area contributed by atoms with Gasteiger partial charge in [-0.2, -0.15) is 0 Å². The average molecular weight is 287 g/mol. The molecule has 3 rings (SSSR count). The van der Waals surface area contributed by atoms with Crippen molar-refractivity contribution in [1.29, 1.82) is 0 Å². The van der Waals surface area contributed by atoms with Crippen molar-refractivity contribution in [3.63, 3.8) is 0 Å². The Morgan fingerprint density at radius 1 is 1.29 bits per heavy atom. The minimum atomic E-state index is 0.278. The highest BCUT2D eigenvalue weighted by atomic mass is 16.2. The molecular weight excluding hydrogens is 262 g/mol. The monoisotopic (exact) mass is 287 g/mol. The number of rotatable bonds is 2. The minimum absolute atomic E-state index is 0.278. The summed E-state index contributed by atoms with van der Waals surface area (Å²) in [6, 6.07) is 6.12. The molecule has 0 spiro atoms. The number of anilines is 1. The van der Waals surface area contributed by atoms with E-state index >= 15 is 0 Å². The minimum Gasteiger partial charge on any atom is -0.398 e. The van der Waals surface area contributed by atoms with E-state index in [1.165, 1.54) is 11.1 Å². The third-order valence-electron chi connectivity index (χ3n) is 4.88. The summed E-state index contributed by atoms with van der Waals surface area (Å²) in [5.41, 5.74) is 9.48. The van der Waals surface area contributed by atoms with Crippen LogP contribution >= 0.6 is 0 Å². The summed E-state index contributed by atoms with van der Waals surface area (Å²) in [4.78, 5) is 16.7. The van der Waals surface area contributed by atoms with Crippen molar-refractivity contribution < 1.29 is 4.79 Å². The van der Waals surface area contributed by atoms with Crippen molar-refractivity contribution in [3.05, 3.63) is 29.3 Å². The molecule has 0 atom stereocenters. The van der Waals surface area contributed by atoms with Crippen LogP contribution in [0.2, 0.25) is 0 Å². The van der Waals surface area contributed by atoms with E-state index < -0.39 is 0 Å². The van der Waals surface area contributed by atoms with E-state index in [1.54, 1.807) is 0 Å². The maximum Gasteiger partial charge on any atom is 0.236 e. The molecule has 0 aliphatic carbocycles. The first-order valence-corrected chi connectivity index (χ1v) is 8.00. The van der Waals surface area contributed by atoms with Crippen molar-refractivity contribution >= 4 is 11.6 Å². The Labute approximate surface area is 126 Å². The Hall–Kier alpha value is -1.55. The third kappa shape index (κ3) is 3.21. The molecule has 4 nitrogen and oxygen atoms in total. The molecule has 0 saturated carbocycles. The van der Waals surface area contributed by atoms with E-state index in [0.717, 1.165) is 57.0 Å². The lowest BCUT2D eigenvalue weighted by atomic mass is 9.97. The van der Waals surface area contributed by atoms with Crippen LogP contribution in [0.1, 0.15) is 30.9 Å². The van der Waals surface area contributed by atoms with Crippen LogP contribution in [0.5, 0.6) is 0 Å². The van der Waals surface area contributed by atoms with Gasteiger partial charge in [0, 0.05) is 31.9 Å². The Kier molecular flexibility index (Phi) is 4.15. The topological polar surface area (TPSA) is 49.6 Å². The van der Waals surface area contributed by atoms with Crippen molar-refractivity contribution in [2.45, 2.75) is 32.7 Å². The second-order valence-corrected chi connectivity index (χ2v) is 6.51. The van der Waals surface area contributed by atoms with Crippen LogP contribution in [0.3, 0.4) is 0 Å². The number of nitrogens with two attached hydrogens (primary N) is 1. The van der Waals surface area contributed by atoms with Gasteiger partial charge >= 0.3 is 0 Å². The van der Waals surface area contributed by atoms with Gasteiger partial charge in [-0.25, -0.2) is 0 Å². The van der Waals surface area contributed by atoms with Gasteiger partial charge in [-0.05, 0) is 42.4 Å². The Balaban J connectivity index is 1.59. The molecule has 0 aromatic heterocycles. The number of hydrogen-bond donors (Lipinski definition) is 1. The SMILES string of the molecule is CC1CCN(C(=O)CN2CCc3cccc(N)c3C2)CC1. The van der Waals surface area contributed by atoms with Gasteiger partial charge in [0.2, 0.25) is 5.91 Å². The number of carbonyl (C=O) groups excluding carboxylic acids is 1. The quantitative estimate of drug-likeness (QED) is 0.845. The molecule has 0 radical (unpaired) electrons. The summed E-state index contributed by atoms with van der Waals surface area (Å²) in [5, 5.41) is 0. The maximum absolute atomic E-state index is 12.4. The molecule has 4 heteroatoms. The standard InChI is InChI=1S/C17H25N3O/c1-13-5-9-20(10-6-13)17(21)12-19-8-7-14-3-2-4-16(18)15(14)11-19/h2-4,13H,5-12,18H2,1H3. The van der Waals surface area contributed by atoms with E-state index in [-0.39, 0.29) is 5.91 Å². The lowest BCUT2D eigenvalue weighted by Gasteiger charge is -2.34. The number of hydrogen-bond acceptors (Lipinski definition) is 3. The highest BCUT2D eigenvalue weighted by molar-refractivity contribution is 5.78. The Morgan fingerprint density at radius 3 is 2.81 bits per heavy atom. The van der Waals surface area contributed by atoms with Gasteiger partial charge in [0.1, 0.15) is 0 Å². The number of nitrogens with zero attached hydrogens (tertiary/aromatic N) is 2. The normalized spacial score (nSPS) is 20.3. The number of fused-ring (bicyclic) bond motifs is 1. The van der Waals surface area contributed by atoms with Crippen molar-refractivity contribution in [3.8, 4) is 0 Å². The fourth-order valence-corrected chi connectivity index (χ4v) is 3.35. The fourth-order valence-electron chi connectivity index (χ4n) is 3.35. The summed E-state index contributed by atoms with van der Waals surface area (Å²) in [7, 11) is 0. The Bertz CT molecular complexity index is 521. The van der Waals surface area contributed by atoms with Gasteiger partial charge in [-0.15, -0.1) is 0 Å². The molecule has 0 bridgehead atoms. The number of likely N-dealkylation sites (tertiary alicyclic amines) is 1. The molecule has 21 heavy (non-hydrogen) atoms. The molecule has 2 aliphatic heterocycles. The number of benzene rings is 1. The van der Waals surface area contributed by atoms with Crippen LogP contribution in [-0.4, -0.2) is 41.9 Å². The van der Waals surface area contributed by atoms with Gasteiger partial charge in [0.15, 0.2) is 0 Å². The van der Waals surface area contributed by atoms with Crippen molar-refractivity contribution in [2.75, 3.05) is 31.9 Å². The van der Waals surface area contributed by atoms with Gasteiger partial charge in [-0.1, -0.05) is 19.1 Å². The van der Waals surface area contributed by atoms with Gasteiger partial charge < -0.3 is 10.6 Å². The highest BCUT2D eigenvalue weighted by Crippen LogP contribution is 2.24. The summed E-state index contributed by atoms with van der Waals surface area (Å²) >= 11 is 0. The predicted molar refractivity (Wildman–Crippen MR) is 84.8 cm³/mol. The first-order valence-electron chi connectivity index (χ1n) is 8.00. The van der Waals surface area contributed by atoms with Gasteiger partial charge in [0.25, 0.3) is 0 Å². The summed E-state index contributed by atoms with van der Waals surface area (Å²) in [5.74, 6) is 1.04. The molecule has 1 amide bonds. The van der Waals surface area contributed by atoms with Crippen LogP contribution in [0, 0.1) is 5.92 Å².